The first-order valence-electron chi connectivity index (χ1n) is 11.2. The predicted octanol–water partition coefficient (Wildman–Crippen LogP) is 3.81. The summed E-state index contributed by atoms with van der Waals surface area (Å²) in [5.41, 5.74) is 2.80. The molecule has 0 atom stereocenters. The van der Waals surface area contributed by atoms with Gasteiger partial charge in [0.05, 0.1) is 12.0 Å². The van der Waals surface area contributed by atoms with Crippen molar-refractivity contribution in [1.82, 2.24) is 14.8 Å². The predicted molar refractivity (Wildman–Crippen MR) is 120 cm³/mol. The minimum Gasteiger partial charge on any atom is -0.445 e. The van der Waals surface area contributed by atoms with Crippen LogP contribution in [0.15, 0.2) is 65.1 Å². The number of likely N-dealkylation sites (tertiary alicyclic amines) is 1. The molecule has 5 rings (SSSR count). The molecule has 160 valence electrons. The third-order valence-corrected chi connectivity index (χ3v) is 6.83. The lowest BCUT2D eigenvalue weighted by molar-refractivity contribution is -0.140. The van der Waals surface area contributed by atoms with Crippen LogP contribution in [0, 0.1) is 0 Å². The molecule has 1 aromatic heterocycles. The van der Waals surface area contributed by atoms with Crippen molar-refractivity contribution in [2.75, 3.05) is 26.7 Å². The first kappa shape index (κ1) is 20.0. The van der Waals surface area contributed by atoms with Gasteiger partial charge in [-0.3, -0.25) is 4.79 Å². The fraction of sp³-hybridized carbons (Fsp3) is 0.385. The number of carbonyl (C=O) groups excluding carboxylic acids is 1. The first-order chi connectivity index (χ1) is 15.1. The zero-order valence-electron chi connectivity index (χ0n) is 18.1. The summed E-state index contributed by atoms with van der Waals surface area (Å²) < 4.78 is 6.05. The summed E-state index contributed by atoms with van der Waals surface area (Å²) in [6.45, 7) is 3.10. The summed E-state index contributed by atoms with van der Waals surface area (Å²) in [6.07, 6.45) is 3.12. The van der Waals surface area contributed by atoms with Gasteiger partial charge in [-0.05, 0) is 44.1 Å². The van der Waals surface area contributed by atoms with Gasteiger partial charge in [-0.1, -0.05) is 60.7 Å². The molecule has 0 unspecified atom stereocenters. The SMILES string of the molecule is CN1CCC(C(=O)N2CCc3oc(Cc4ccccc4)nc3C2)(c2ccccc2)CC1. The van der Waals surface area contributed by atoms with Crippen LogP contribution in [0.3, 0.4) is 0 Å². The van der Waals surface area contributed by atoms with Gasteiger partial charge in [0.25, 0.3) is 0 Å². The Kier molecular flexibility index (Phi) is 5.36. The minimum atomic E-state index is -0.443. The normalized spacial score (nSPS) is 18.5. The number of piperidine rings is 1. The number of nitrogens with zero attached hydrogens (tertiary/aromatic N) is 3. The van der Waals surface area contributed by atoms with Crippen LogP contribution in [-0.4, -0.2) is 47.4 Å². The van der Waals surface area contributed by atoms with E-state index in [2.05, 4.69) is 36.2 Å². The average molecular weight is 416 g/mol. The quantitative estimate of drug-likeness (QED) is 0.650. The molecule has 2 aliphatic heterocycles. The molecule has 1 saturated heterocycles. The third kappa shape index (κ3) is 3.90. The van der Waals surface area contributed by atoms with Crippen LogP contribution in [0.4, 0.5) is 0 Å². The molecule has 0 spiro atoms. The number of hydrogen-bond donors (Lipinski definition) is 0. The number of rotatable bonds is 4. The Hall–Kier alpha value is -2.92. The summed E-state index contributed by atoms with van der Waals surface area (Å²) >= 11 is 0. The van der Waals surface area contributed by atoms with E-state index in [4.69, 9.17) is 9.40 Å². The smallest absolute Gasteiger partial charge is 0.233 e. The molecule has 2 aromatic carbocycles. The van der Waals surface area contributed by atoms with Crippen LogP contribution in [0.5, 0.6) is 0 Å². The standard InChI is InChI=1S/C26H29N3O2/c1-28-16-13-26(14-17-28,21-10-6-3-7-11-21)25(30)29-15-12-23-22(19-29)27-24(31-23)18-20-8-4-2-5-9-20/h2-11H,12-19H2,1H3. The highest BCUT2D eigenvalue weighted by molar-refractivity contribution is 5.88. The number of fused-ring (bicyclic) bond motifs is 1. The molecular weight excluding hydrogens is 386 g/mol. The highest BCUT2D eigenvalue weighted by atomic mass is 16.4. The molecule has 31 heavy (non-hydrogen) atoms. The van der Waals surface area contributed by atoms with Crippen molar-refractivity contribution >= 4 is 5.91 Å². The second-order valence-corrected chi connectivity index (χ2v) is 8.87. The van der Waals surface area contributed by atoms with Gasteiger partial charge in [0, 0.05) is 19.4 Å². The van der Waals surface area contributed by atoms with Crippen molar-refractivity contribution in [2.45, 2.75) is 37.6 Å². The molecular formula is C26H29N3O2. The maximum Gasteiger partial charge on any atom is 0.233 e. The molecule has 0 bridgehead atoms. The van der Waals surface area contributed by atoms with Crippen molar-refractivity contribution in [3.8, 4) is 0 Å². The van der Waals surface area contributed by atoms with Crippen LogP contribution < -0.4 is 0 Å². The van der Waals surface area contributed by atoms with E-state index >= 15 is 0 Å². The molecule has 5 nitrogen and oxygen atoms in total. The molecule has 0 radical (unpaired) electrons. The fourth-order valence-corrected chi connectivity index (χ4v) is 4.96. The molecule has 0 N–H and O–H groups in total. The Morgan fingerprint density at radius 3 is 2.39 bits per heavy atom. The van der Waals surface area contributed by atoms with Gasteiger partial charge in [-0.25, -0.2) is 4.98 Å². The zero-order valence-corrected chi connectivity index (χ0v) is 18.1. The van der Waals surface area contributed by atoms with E-state index < -0.39 is 5.41 Å². The lowest BCUT2D eigenvalue weighted by atomic mass is 9.71. The Bertz CT molecular complexity index is 1040. The number of carbonyl (C=O) groups is 1. The maximum atomic E-state index is 13.9. The topological polar surface area (TPSA) is 49.6 Å². The lowest BCUT2D eigenvalue weighted by Gasteiger charge is -2.43. The molecule has 1 fully saturated rings. The summed E-state index contributed by atoms with van der Waals surface area (Å²) in [5, 5.41) is 0. The number of amides is 1. The summed E-state index contributed by atoms with van der Waals surface area (Å²) in [4.78, 5) is 23.0. The molecule has 0 saturated carbocycles. The van der Waals surface area contributed by atoms with Crippen LogP contribution in [0.1, 0.15) is 41.3 Å². The minimum absolute atomic E-state index is 0.241. The summed E-state index contributed by atoms with van der Waals surface area (Å²) in [5.74, 6) is 1.92. The number of aromatic nitrogens is 1. The average Bonchev–Trinajstić information content (AvgIpc) is 3.22. The highest BCUT2D eigenvalue weighted by Crippen LogP contribution is 2.38. The van der Waals surface area contributed by atoms with Crippen molar-refractivity contribution in [3.63, 3.8) is 0 Å². The van der Waals surface area contributed by atoms with Crippen molar-refractivity contribution in [1.29, 1.82) is 0 Å². The van der Waals surface area contributed by atoms with E-state index in [1.54, 1.807) is 0 Å². The fourth-order valence-electron chi connectivity index (χ4n) is 4.96. The Labute approximate surface area is 183 Å². The monoisotopic (exact) mass is 415 g/mol. The van der Waals surface area contributed by atoms with Gasteiger partial charge in [-0.15, -0.1) is 0 Å². The van der Waals surface area contributed by atoms with E-state index in [-0.39, 0.29) is 5.91 Å². The van der Waals surface area contributed by atoms with Crippen LogP contribution in [0.25, 0.3) is 0 Å². The van der Waals surface area contributed by atoms with Gasteiger partial charge in [0.1, 0.15) is 11.5 Å². The van der Waals surface area contributed by atoms with Gasteiger partial charge < -0.3 is 14.2 Å². The van der Waals surface area contributed by atoms with E-state index in [0.717, 1.165) is 55.3 Å². The second-order valence-electron chi connectivity index (χ2n) is 8.87. The number of hydrogen-bond acceptors (Lipinski definition) is 4. The highest BCUT2D eigenvalue weighted by Gasteiger charge is 2.45. The van der Waals surface area contributed by atoms with E-state index in [1.165, 1.54) is 5.56 Å². The summed E-state index contributed by atoms with van der Waals surface area (Å²) in [6, 6.07) is 20.6. The maximum absolute atomic E-state index is 13.9. The van der Waals surface area contributed by atoms with Crippen LogP contribution >= 0.6 is 0 Å². The van der Waals surface area contributed by atoms with Crippen molar-refractivity contribution in [3.05, 3.63) is 89.1 Å². The largest absolute Gasteiger partial charge is 0.445 e. The van der Waals surface area contributed by atoms with Gasteiger partial charge in [0.15, 0.2) is 5.89 Å². The molecule has 5 heteroatoms. The van der Waals surface area contributed by atoms with Crippen LogP contribution in [0.2, 0.25) is 0 Å². The lowest BCUT2D eigenvalue weighted by Crippen LogP contribution is -2.53. The van der Waals surface area contributed by atoms with E-state index in [0.29, 0.717) is 19.5 Å². The van der Waals surface area contributed by atoms with E-state index in [1.807, 2.05) is 41.3 Å². The first-order valence-corrected chi connectivity index (χ1v) is 11.2. The molecule has 0 aliphatic carbocycles. The number of oxazole rings is 1. The summed E-state index contributed by atoms with van der Waals surface area (Å²) in [7, 11) is 2.14. The van der Waals surface area contributed by atoms with Gasteiger partial charge in [-0.2, -0.15) is 0 Å². The molecule has 3 heterocycles. The van der Waals surface area contributed by atoms with Crippen molar-refractivity contribution < 1.29 is 9.21 Å². The van der Waals surface area contributed by atoms with Gasteiger partial charge >= 0.3 is 0 Å². The Morgan fingerprint density at radius 1 is 1.00 bits per heavy atom. The third-order valence-electron chi connectivity index (χ3n) is 6.83. The molecule has 1 amide bonds. The zero-order chi connectivity index (χ0) is 21.3. The van der Waals surface area contributed by atoms with Crippen LogP contribution in [-0.2, 0) is 29.6 Å². The van der Waals surface area contributed by atoms with Crippen molar-refractivity contribution in [2.24, 2.45) is 0 Å². The van der Waals surface area contributed by atoms with E-state index in [9.17, 15) is 4.79 Å². The van der Waals surface area contributed by atoms with Gasteiger partial charge in [0.2, 0.25) is 5.91 Å². The Morgan fingerprint density at radius 2 is 1.68 bits per heavy atom. The number of benzene rings is 2. The molecule has 3 aromatic rings. The molecule has 2 aliphatic rings. The Balaban J connectivity index is 1.38. The second kappa shape index (κ2) is 8.31.